The fraction of sp³-hybridized carbons (Fsp3) is 0.233. The molecule has 4 aromatic rings. The Labute approximate surface area is 221 Å². The van der Waals surface area contributed by atoms with Gasteiger partial charge in [-0.3, -0.25) is 4.79 Å². The number of amides is 1. The first-order valence-electron chi connectivity index (χ1n) is 12.7. The van der Waals surface area contributed by atoms with Gasteiger partial charge in [-0.15, -0.1) is 0 Å². The number of nitrogens with zero attached hydrogens (tertiary/aromatic N) is 4. The molecule has 1 saturated heterocycles. The Morgan fingerprint density at radius 3 is 2.32 bits per heavy atom. The summed E-state index contributed by atoms with van der Waals surface area (Å²) in [5.41, 5.74) is 4.98. The smallest absolute Gasteiger partial charge is 0.358 e. The Balaban J connectivity index is 1.34. The number of benzene rings is 3. The standard InChI is InChI=1S/C30H29FN4O3/c1-3-38-30(37)27-20-28(35(32-27)26-9-5-8-24(31)19-26)22-10-12-25(13-11-22)33-14-16-34(17-15-33)29(36)23-7-4-6-21(2)18-23/h4-13,18-20H,3,14-17H2,1-2H3. The van der Waals surface area contributed by atoms with E-state index in [-0.39, 0.29) is 18.2 Å². The van der Waals surface area contributed by atoms with E-state index in [0.717, 1.165) is 35.5 Å². The topological polar surface area (TPSA) is 67.7 Å². The highest BCUT2D eigenvalue weighted by Crippen LogP contribution is 2.28. The Hall–Kier alpha value is -4.46. The molecule has 1 aromatic heterocycles. The lowest BCUT2D eigenvalue weighted by atomic mass is 10.1. The van der Waals surface area contributed by atoms with Crippen LogP contribution in [0.1, 0.15) is 33.3 Å². The Kier molecular flexibility index (Phi) is 7.22. The van der Waals surface area contributed by atoms with Crippen LogP contribution in [-0.4, -0.2) is 59.3 Å². The Morgan fingerprint density at radius 1 is 0.895 bits per heavy atom. The summed E-state index contributed by atoms with van der Waals surface area (Å²) in [7, 11) is 0. The number of hydrogen-bond donors (Lipinski definition) is 0. The number of aryl methyl sites for hydroxylation is 1. The molecule has 0 bridgehead atoms. The molecule has 2 heterocycles. The molecule has 0 radical (unpaired) electrons. The predicted molar refractivity (Wildman–Crippen MR) is 144 cm³/mol. The van der Waals surface area contributed by atoms with Crippen molar-refractivity contribution < 1.29 is 18.7 Å². The van der Waals surface area contributed by atoms with Crippen molar-refractivity contribution in [1.29, 1.82) is 0 Å². The second-order valence-electron chi connectivity index (χ2n) is 9.22. The van der Waals surface area contributed by atoms with Crippen molar-refractivity contribution in [2.24, 2.45) is 0 Å². The number of aromatic nitrogens is 2. The van der Waals surface area contributed by atoms with Gasteiger partial charge in [-0.1, -0.05) is 35.9 Å². The number of piperazine rings is 1. The lowest BCUT2D eigenvalue weighted by molar-refractivity contribution is 0.0518. The highest BCUT2D eigenvalue weighted by atomic mass is 19.1. The highest BCUT2D eigenvalue weighted by Gasteiger charge is 2.23. The van der Waals surface area contributed by atoms with E-state index in [1.54, 1.807) is 29.8 Å². The molecule has 1 amide bonds. The number of esters is 1. The van der Waals surface area contributed by atoms with Gasteiger partial charge in [-0.25, -0.2) is 13.9 Å². The van der Waals surface area contributed by atoms with Crippen LogP contribution in [0.4, 0.5) is 10.1 Å². The summed E-state index contributed by atoms with van der Waals surface area (Å²) in [5, 5.41) is 4.41. The van der Waals surface area contributed by atoms with Gasteiger partial charge in [0.25, 0.3) is 5.91 Å². The number of ether oxygens (including phenoxy) is 1. The highest BCUT2D eigenvalue weighted by molar-refractivity contribution is 5.94. The molecular weight excluding hydrogens is 483 g/mol. The van der Waals surface area contributed by atoms with Crippen molar-refractivity contribution >= 4 is 17.6 Å². The third-order valence-electron chi connectivity index (χ3n) is 6.61. The molecule has 0 N–H and O–H groups in total. The summed E-state index contributed by atoms with van der Waals surface area (Å²) in [6, 6.07) is 23.4. The summed E-state index contributed by atoms with van der Waals surface area (Å²) in [5.74, 6) is -0.859. The van der Waals surface area contributed by atoms with Crippen molar-refractivity contribution in [3.8, 4) is 16.9 Å². The lowest BCUT2D eigenvalue weighted by Gasteiger charge is -2.36. The number of carbonyl (C=O) groups is 2. The molecule has 0 spiro atoms. The van der Waals surface area contributed by atoms with Crippen LogP contribution in [0.25, 0.3) is 16.9 Å². The molecule has 0 aliphatic carbocycles. The van der Waals surface area contributed by atoms with E-state index < -0.39 is 11.8 Å². The van der Waals surface area contributed by atoms with Gasteiger partial charge in [-0.05, 0) is 62.4 Å². The van der Waals surface area contributed by atoms with Crippen molar-refractivity contribution in [3.05, 3.63) is 102 Å². The van der Waals surface area contributed by atoms with E-state index in [1.807, 2.05) is 60.4 Å². The molecule has 8 heteroatoms. The number of anilines is 1. The van der Waals surface area contributed by atoms with Gasteiger partial charge in [0.2, 0.25) is 0 Å². The zero-order valence-corrected chi connectivity index (χ0v) is 21.4. The molecule has 3 aromatic carbocycles. The monoisotopic (exact) mass is 512 g/mol. The summed E-state index contributed by atoms with van der Waals surface area (Å²) < 4.78 is 20.6. The van der Waals surface area contributed by atoms with Crippen LogP contribution in [0, 0.1) is 12.7 Å². The van der Waals surface area contributed by atoms with Crippen molar-refractivity contribution in [1.82, 2.24) is 14.7 Å². The van der Waals surface area contributed by atoms with E-state index in [2.05, 4.69) is 10.00 Å². The number of rotatable bonds is 6. The van der Waals surface area contributed by atoms with Crippen LogP contribution in [0.5, 0.6) is 0 Å². The fourth-order valence-corrected chi connectivity index (χ4v) is 4.67. The number of carbonyl (C=O) groups excluding carboxylic acids is 2. The van der Waals surface area contributed by atoms with Crippen molar-refractivity contribution in [3.63, 3.8) is 0 Å². The minimum absolute atomic E-state index is 0.0618. The van der Waals surface area contributed by atoms with E-state index in [9.17, 15) is 14.0 Å². The van der Waals surface area contributed by atoms with Crippen LogP contribution < -0.4 is 4.90 Å². The van der Waals surface area contributed by atoms with Gasteiger partial charge in [-0.2, -0.15) is 5.10 Å². The average Bonchev–Trinajstić information content (AvgIpc) is 3.39. The minimum atomic E-state index is -0.529. The largest absolute Gasteiger partial charge is 0.461 e. The molecule has 1 aliphatic rings. The molecule has 1 fully saturated rings. The van der Waals surface area contributed by atoms with Gasteiger partial charge >= 0.3 is 5.97 Å². The van der Waals surface area contributed by atoms with Crippen LogP contribution in [-0.2, 0) is 4.74 Å². The third-order valence-corrected chi connectivity index (χ3v) is 6.61. The van der Waals surface area contributed by atoms with Gasteiger partial charge in [0, 0.05) is 43.0 Å². The Bertz CT molecular complexity index is 1460. The first kappa shape index (κ1) is 25.2. The van der Waals surface area contributed by atoms with Crippen LogP contribution in [0.2, 0.25) is 0 Å². The molecule has 0 unspecified atom stereocenters. The summed E-state index contributed by atoms with van der Waals surface area (Å²) in [6.07, 6.45) is 0. The predicted octanol–water partition coefficient (Wildman–Crippen LogP) is 5.13. The van der Waals surface area contributed by atoms with Crippen LogP contribution >= 0.6 is 0 Å². The first-order chi connectivity index (χ1) is 18.4. The average molecular weight is 513 g/mol. The van der Waals surface area contributed by atoms with Crippen LogP contribution in [0.15, 0.2) is 78.9 Å². The van der Waals surface area contributed by atoms with Crippen molar-refractivity contribution in [2.75, 3.05) is 37.7 Å². The Morgan fingerprint density at radius 2 is 1.63 bits per heavy atom. The van der Waals surface area contributed by atoms with E-state index >= 15 is 0 Å². The SMILES string of the molecule is CCOC(=O)c1cc(-c2ccc(N3CCN(C(=O)c4cccc(C)c4)CC3)cc2)n(-c2cccc(F)c2)n1. The molecule has 7 nitrogen and oxygen atoms in total. The molecule has 38 heavy (non-hydrogen) atoms. The molecule has 5 rings (SSSR count). The lowest BCUT2D eigenvalue weighted by Crippen LogP contribution is -2.48. The quantitative estimate of drug-likeness (QED) is 0.335. The first-order valence-corrected chi connectivity index (χ1v) is 12.7. The van der Waals surface area contributed by atoms with E-state index in [4.69, 9.17) is 4.74 Å². The summed E-state index contributed by atoms with van der Waals surface area (Å²) in [4.78, 5) is 29.4. The van der Waals surface area contributed by atoms with Gasteiger partial charge in [0.1, 0.15) is 5.82 Å². The second kappa shape index (κ2) is 10.9. The van der Waals surface area contributed by atoms with E-state index in [0.29, 0.717) is 24.5 Å². The summed E-state index contributed by atoms with van der Waals surface area (Å²) >= 11 is 0. The van der Waals surface area contributed by atoms with Gasteiger partial charge in [0.15, 0.2) is 5.69 Å². The van der Waals surface area contributed by atoms with Gasteiger partial charge < -0.3 is 14.5 Å². The molecular formula is C30H29FN4O3. The van der Waals surface area contributed by atoms with Crippen molar-refractivity contribution in [2.45, 2.75) is 13.8 Å². The second-order valence-corrected chi connectivity index (χ2v) is 9.22. The number of halogens is 1. The zero-order valence-electron chi connectivity index (χ0n) is 21.4. The summed E-state index contributed by atoms with van der Waals surface area (Å²) in [6.45, 7) is 6.70. The maximum Gasteiger partial charge on any atom is 0.358 e. The molecule has 0 saturated carbocycles. The molecule has 1 aliphatic heterocycles. The zero-order chi connectivity index (χ0) is 26.6. The van der Waals surface area contributed by atoms with Gasteiger partial charge in [0.05, 0.1) is 18.0 Å². The van der Waals surface area contributed by atoms with E-state index in [1.165, 1.54) is 12.1 Å². The normalized spacial score (nSPS) is 13.4. The number of hydrogen-bond acceptors (Lipinski definition) is 5. The molecule has 194 valence electrons. The molecule has 0 atom stereocenters. The fourth-order valence-electron chi connectivity index (χ4n) is 4.67. The van der Waals surface area contributed by atoms with Crippen LogP contribution in [0.3, 0.4) is 0 Å². The maximum absolute atomic E-state index is 14.0. The maximum atomic E-state index is 14.0. The third kappa shape index (κ3) is 5.29. The minimum Gasteiger partial charge on any atom is -0.461 e.